The number of carboxylic acids is 1. The Labute approximate surface area is 420 Å². The molecule has 2 heterocycles. The molecule has 0 aliphatic rings. The van der Waals surface area contributed by atoms with E-state index in [-0.39, 0.29) is 60.3 Å². The first-order valence-corrected chi connectivity index (χ1v) is 25.3. The minimum atomic E-state index is -3.59. The summed E-state index contributed by atoms with van der Waals surface area (Å²) in [6.07, 6.45) is 1.32. The van der Waals surface area contributed by atoms with Crippen molar-refractivity contribution >= 4 is 44.2 Å². The molecule has 24 heteroatoms. The molecule has 0 saturated carbocycles. The largest absolute Gasteiger partial charge is 0.477 e. The Bertz CT molecular complexity index is 2840. The molecule has 72 heavy (non-hydrogen) atoms. The Morgan fingerprint density at radius 3 is 1.32 bits per heavy atom. The molecule has 0 radical (unpaired) electrons. The maximum atomic E-state index is 14.7. The van der Waals surface area contributed by atoms with Crippen molar-refractivity contribution in [1.82, 2.24) is 38.8 Å². The van der Waals surface area contributed by atoms with E-state index in [0.717, 1.165) is 24.9 Å². The molecule has 0 bridgehead atoms. The monoisotopic (exact) mass is 1050 g/mol. The quantitative estimate of drug-likeness (QED) is 0.0654. The highest BCUT2D eigenvalue weighted by Crippen LogP contribution is 2.24. The minimum Gasteiger partial charge on any atom is -0.477 e. The number of rotatable bonds is 19. The van der Waals surface area contributed by atoms with Crippen molar-refractivity contribution in [3.63, 3.8) is 0 Å². The van der Waals surface area contributed by atoms with Crippen LogP contribution in [0.1, 0.15) is 103 Å². The van der Waals surface area contributed by atoms with Gasteiger partial charge in [-0.3, -0.25) is 9.36 Å². The van der Waals surface area contributed by atoms with Crippen molar-refractivity contribution in [3.05, 3.63) is 117 Å². The third kappa shape index (κ3) is 17.7. The number of nitrogens with one attached hydrogen (secondary N) is 2. The molecule has 2 amide bonds. The average molecular weight is 1050 g/mol. The lowest BCUT2D eigenvalue weighted by Gasteiger charge is -2.19. The van der Waals surface area contributed by atoms with Crippen LogP contribution >= 0.6 is 0 Å². The molecular weight excluding hydrogens is 983 g/mol. The molecule has 3 N–H and O–H groups in total. The highest BCUT2D eigenvalue weighted by molar-refractivity contribution is 7.89. The van der Waals surface area contributed by atoms with Crippen LogP contribution in [-0.2, 0) is 60.2 Å². The van der Waals surface area contributed by atoms with E-state index in [9.17, 15) is 49.9 Å². The molecule has 0 aliphatic carbocycles. The summed E-state index contributed by atoms with van der Waals surface area (Å²) in [7, 11) is -1.39. The predicted octanol–water partition coefficient (Wildman–Crippen LogP) is 6.70. The van der Waals surface area contributed by atoms with Crippen molar-refractivity contribution in [1.29, 1.82) is 0 Å². The predicted molar refractivity (Wildman–Crippen MR) is 264 cm³/mol. The number of benzene rings is 2. The van der Waals surface area contributed by atoms with Gasteiger partial charge in [-0.05, 0) is 110 Å². The van der Waals surface area contributed by atoms with Crippen molar-refractivity contribution in [2.24, 2.45) is 0 Å². The van der Waals surface area contributed by atoms with E-state index >= 15 is 0 Å². The van der Waals surface area contributed by atoms with Crippen molar-refractivity contribution in [2.45, 2.75) is 109 Å². The molecule has 0 fully saturated rings. The van der Waals surface area contributed by atoms with Gasteiger partial charge in [-0.1, -0.05) is 24.3 Å². The summed E-state index contributed by atoms with van der Waals surface area (Å²) in [4.78, 5) is 48.4. The normalized spacial score (nSPS) is 12.6. The van der Waals surface area contributed by atoms with E-state index in [0.29, 0.717) is 28.1 Å². The number of ether oxygens (including phenoxy) is 3. The maximum Gasteiger partial charge on any atom is 0.407 e. The number of aryl methyl sites for hydroxylation is 2. The summed E-state index contributed by atoms with van der Waals surface area (Å²) in [5.41, 5.74) is 1.83. The second kappa shape index (κ2) is 25.2. The Balaban J connectivity index is 0.000000381. The summed E-state index contributed by atoms with van der Waals surface area (Å²) in [6.45, 7) is 14.4. The van der Waals surface area contributed by atoms with Gasteiger partial charge in [0, 0.05) is 65.2 Å². The summed E-state index contributed by atoms with van der Waals surface area (Å²) in [5, 5.41) is 23.1. The number of carbonyl (C=O) groups is 4. The third-order valence-electron chi connectivity index (χ3n) is 9.88. The Kier molecular flexibility index (Phi) is 21.0. The number of carbonyl (C=O) groups excluding carboxylic acids is 3. The summed E-state index contributed by atoms with van der Waals surface area (Å²) in [5.74, 6) is -3.22. The molecule has 0 aliphatic heterocycles. The van der Waals surface area contributed by atoms with Crippen LogP contribution in [0.25, 0.3) is 0 Å². The molecule has 0 spiro atoms. The first-order valence-electron chi connectivity index (χ1n) is 22.5. The van der Waals surface area contributed by atoms with Gasteiger partial charge in [0.1, 0.15) is 22.9 Å². The minimum absolute atomic E-state index is 0.105. The van der Waals surface area contributed by atoms with E-state index < -0.39 is 73.6 Å². The van der Waals surface area contributed by atoms with Gasteiger partial charge in [-0.15, -0.1) is 0 Å². The van der Waals surface area contributed by atoms with Crippen LogP contribution in [0.15, 0.2) is 82.1 Å². The second-order valence-electron chi connectivity index (χ2n) is 18.4. The van der Waals surface area contributed by atoms with Gasteiger partial charge in [-0.2, -0.15) is 10.2 Å². The summed E-state index contributed by atoms with van der Waals surface area (Å²) in [6, 6.07) is 12.4. The van der Waals surface area contributed by atoms with E-state index in [2.05, 4.69) is 20.8 Å². The number of halogens is 2. The third-order valence-corrected chi connectivity index (χ3v) is 13.5. The standard InChI is InChI=1S/C25H35FN4O6S.C23H31FN4O6S/c1-8-35-23(31)22-21(15-18-9-11-20(12-10-18)37(33,34)29(6)7)17(2)28-30(22)16-19(26)13-14-27-24(32)36-25(3,4)5;1-15-19(13-16-7-9-18(10-8-16)35(32,33)27(5)6)20(21(29)30)28(26-15)14-17(24)11-12-25-22(31)34-23(2,3)4/h9-13H,8,14-16H2,1-7H3,(H,27,32);7-11H,12-14H2,1-6H3,(H,25,31)(H,29,30)/b19-13-;17-11-. The van der Waals surface area contributed by atoms with Gasteiger partial charge in [0.05, 0.1) is 40.9 Å². The van der Waals surface area contributed by atoms with Crippen LogP contribution in [0.5, 0.6) is 0 Å². The SMILES string of the molecule is CCOC(=O)c1c(Cc2ccc(S(=O)(=O)N(C)C)cc2)c(C)nn1C/C(F)=C/CNC(=O)OC(C)(C)C.Cc1nn(C/C(F)=C/CNC(=O)OC(C)(C)C)c(C(=O)O)c1Cc1ccc(S(=O)(=O)N(C)C)cc1. The van der Waals surface area contributed by atoms with Crippen LogP contribution in [0.2, 0.25) is 0 Å². The molecule has 0 saturated heterocycles. The number of alkyl carbamates (subject to hydrolysis) is 2. The number of aromatic carboxylic acids is 1. The van der Waals surface area contributed by atoms with Crippen LogP contribution < -0.4 is 10.6 Å². The fourth-order valence-corrected chi connectivity index (χ4v) is 8.28. The van der Waals surface area contributed by atoms with E-state index in [4.69, 9.17) is 14.2 Å². The first-order chi connectivity index (χ1) is 33.3. The first kappa shape index (κ1) is 59.8. The summed E-state index contributed by atoms with van der Waals surface area (Å²) >= 11 is 0. The van der Waals surface area contributed by atoms with Crippen LogP contribution in [0, 0.1) is 13.8 Å². The number of carboxylic acid groups (broad SMARTS) is 1. The van der Waals surface area contributed by atoms with Gasteiger partial charge >= 0.3 is 24.1 Å². The maximum absolute atomic E-state index is 14.7. The smallest absolute Gasteiger partial charge is 0.407 e. The van der Waals surface area contributed by atoms with Crippen LogP contribution in [0.3, 0.4) is 0 Å². The number of sulfonamides is 2. The highest BCUT2D eigenvalue weighted by atomic mass is 32.2. The lowest BCUT2D eigenvalue weighted by atomic mass is 10.0. The van der Waals surface area contributed by atoms with Gasteiger partial charge in [0.25, 0.3) is 0 Å². The van der Waals surface area contributed by atoms with E-state index in [1.54, 1.807) is 86.6 Å². The second-order valence-corrected chi connectivity index (χ2v) is 22.8. The van der Waals surface area contributed by atoms with E-state index in [1.165, 1.54) is 63.2 Å². The molecule has 4 aromatic rings. The number of aromatic nitrogens is 4. The topological polar surface area (TPSA) is 251 Å². The zero-order chi connectivity index (χ0) is 54.5. The molecule has 2 aromatic carbocycles. The number of esters is 1. The number of nitrogens with zero attached hydrogens (tertiary/aromatic N) is 6. The molecule has 2 aromatic heterocycles. The van der Waals surface area contributed by atoms with E-state index in [1.807, 2.05) is 0 Å². The number of allylic oxidation sites excluding steroid dienone is 2. The zero-order valence-electron chi connectivity index (χ0n) is 42.9. The number of hydrogen-bond acceptors (Lipinski definition) is 13. The molecule has 396 valence electrons. The summed E-state index contributed by atoms with van der Waals surface area (Å²) < 4.78 is 98.2. The number of hydrogen-bond donors (Lipinski definition) is 3. The Morgan fingerprint density at radius 2 is 1.00 bits per heavy atom. The van der Waals surface area contributed by atoms with Gasteiger partial charge < -0.3 is 30.0 Å². The fraction of sp³-hybridized carbons (Fsp3) is 0.458. The highest BCUT2D eigenvalue weighted by Gasteiger charge is 2.26. The van der Waals surface area contributed by atoms with Gasteiger partial charge in [-0.25, -0.2) is 53.4 Å². The van der Waals surface area contributed by atoms with Gasteiger partial charge in [0.2, 0.25) is 20.0 Å². The number of amides is 2. The molecular formula is C48H66F2N8O12S2. The average Bonchev–Trinajstić information content (AvgIpc) is 3.72. The lowest BCUT2D eigenvalue weighted by molar-refractivity contribution is 0.0505. The molecule has 0 unspecified atom stereocenters. The lowest BCUT2D eigenvalue weighted by Crippen LogP contribution is -2.32. The Morgan fingerprint density at radius 1 is 0.653 bits per heavy atom. The Hall–Kier alpha value is -6.50. The van der Waals surface area contributed by atoms with Crippen molar-refractivity contribution in [3.8, 4) is 0 Å². The molecule has 20 nitrogen and oxygen atoms in total. The zero-order valence-corrected chi connectivity index (χ0v) is 44.5. The van der Waals surface area contributed by atoms with Gasteiger partial charge in [0.15, 0.2) is 11.4 Å². The molecule has 4 rings (SSSR count). The molecule has 0 atom stereocenters. The van der Waals surface area contributed by atoms with Crippen LogP contribution in [-0.4, -0.2) is 133 Å². The van der Waals surface area contributed by atoms with Crippen molar-refractivity contribution in [2.75, 3.05) is 47.9 Å². The van der Waals surface area contributed by atoms with Crippen LogP contribution in [0.4, 0.5) is 18.4 Å². The fourth-order valence-electron chi connectivity index (χ4n) is 6.48. The van der Waals surface area contributed by atoms with Crippen molar-refractivity contribution < 1.29 is 64.1 Å².